The number of hydrogen-bond acceptors (Lipinski definition) is 3. The summed E-state index contributed by atoms with van der Waals surface area (Å²) in [6.07, 6.45) is 4.39. The molecule has 4 nitrogen and oxygen atoms in total. The highest BCUT2D eigenvalue weighted by molar-refractivity contribution is 6.05. The first-order chi connectivity index (χ1) is 8.43. The SMILES string of the molecule is CC(=O)CCCCN1C(=O)C(C)=CCC(C)C1=O. The van der Waals surface area contributed by atoms with Gasteiger partial charge in [-0.15, -0.1) is 0 Å². The zero-order valence-electron chi connectivity index (χ0n) is 11.4. The molecule has 100 valence electrons. The van der Waals surface area contributed by atoms with E-state index in [1.54, 1.807) is 13.8 Å². The lowest BCUT2D eigenvalue weighted by atomic mass is 10.1. The van der Waals surface area contributed by atoms with Crippen LogP contribution < -0.4 is 0 Å². The lowest BCUT2D eigenvalue weighted by Crippen LogP contribution is -2.39. The third-order valence-electron chi connectivity index (χ3n) is 3.21. The van der Waals surface area contributed by atoms with Gasteiger partial charge < -0.3 is 4.79 Å². The predicted molar refractivity (Wildman–Crippen MR) is 68.8 cm³/mol. The van der Waals surface area contributed by atoms with Gasteiger partial charge in [0.05, 0.1) is 0 Å². The zero-order chi connectivity index (χ0) is 13.7. The first kappa shape index (κ1) is 14.6. The van der Waals surface area contributed by atoms with Gasteiger partial charge in [0.1, 0.15) is 5.78 Å². The summed E-state index contributed by atoms with van der Waals surface area (Å²) < 4.78 is 0. The molecule has 1 unspecified atom stereocenters. The Labute approximate surface area is 108 Å². The van der Waals surface area contributed by atoms with Crippen molar-refractivity contribution in [1.82, 2.24) is 4.90 Å². The van der Waals surface area contributed by atoms with Crippen LogP contribution in [0.5, 0.6) is 0 Å². The second-order valence-electron chi connectivity index (χ2n) is 4.98. The van der Waals surface area contributed by atoms with Crippen molar-refractivity contribution in [2.75, 3.05) is 6.54 Å². The molecular formula is C14H21NO3. The molecule has 18 heavy (non-hydrogen) atoms. The van der Waals surface area contributed by atoms with Crippen LogP contribution in [0.4, 0.5) is 0 Å². The maximum atomic E-state index is 12.0. The van der Waals surface area contributed by atoms with Gasteiger partial charge in [-0.3, -0.25) is 14.5 Å². The summed E-state index contributed by atoms with van der Waals surface area (Å²) >= 11 is 0. The molecule has 0 aromatic heterocycles. The van der Waals surface area contributed by atoms with Crippen molar-refractivity contribution in [3.8, 4) is 0 Å². The maximum absolute atomic E-state index is 12.0. The molecule has 0 saturated heterocycles. The van der Waals surface area contributed by atoms with Crippen molar-refractivity contribution in [3.05, 3.63) is 11.6 Å². The van der Waals surface area contributed by atoms with Gasteiger partial charge in [-0.05, 0) is 33.1 Å². The van der Waals surface area contributed by atoms with E-state index in [1.165, 1.54) is 4.90 Å². The molecule has 0 saturated carbocycles. The fraction of sp³-hybridized carbons (Fsp3) is 0.643. The summed E-state index contributed by atoms with van der Waals surface area (Å²) in [5.41, 5.74) is 0.638. The van der Waals surface area contributed by atoms with Crippen LogP contribution in [-0.2, 0) is 14.4 Å². The average Bonchev–Trinajstić information content (AvgIpc) is 2.40. The molecule has 2 amide bonds. The smallest absolute Gasteiger partial charge is 0.255 e. The van der Waals surface area contributed by atoms with Crippen LogP contribution in [0.2, 0.25) is 0 Å². The summed E-state index contributed by atoms with van der Waals surface area (Å²) in [5.74, 6) is -0.282. The van der Waals surface area contributed by atoms with Gasteiger partial charge in [0, 0.05) is 24.5 Å². The number of ketones is 1. The van der Waals surface area contributed by atoms with E-state index in [1.807, 2.05) is 13.0 Å². The van der Waals surface area contributed by atoms with Gasteiger partial charge in [0.2, 0.25) is 5.91 Å². The fourth-order valence-electron chi connectivity index (χ4n) is 1.98. The fourth-order valence-corrected chi connectivity index (χ4v) is 1.98. The highest BCUT2D eigenvalue weighted by Gasteiger charge is 2.28. The van der Waals surface area contributed by atoms with Crippen LogP contribution in [0, 0.1) is 5.92 Å². The largest absolute Gasteiger partial charge is 0.300 e. The van der Waals surface area contributed by atoms with E-state index in [4.69, 9.17) is 0 Å². The van der Waals surface area contributed by atoms with Gasteiger partial charge in [-0.25, -0.2) is 0 Å². The van der Waals surface area contributed by atoms with Crippen LogP contribution in [0.25, 0.3) is 0 Å². The van der Waals surface area contributed by atoms with Crippen LogP contribution in [0.1, 0.15) is 46.5 Å². The van der Waals surface area contributed by atoms with Crippen LogP contribution in [-0.4, -0.2) is 29.0 Å². The summed E-state index contributed by atoms with van der Waals surface area (Å²) in [4.78, 5) is 36.2. The van der Waals surface area contributed by atoms with Crippen LogP contribution in [0.3, 0.4) is 0 Å². The Bertz CT molecular complexity index is 385. The van der Waals surface area contributed by atoms with Crippen molar-refractivity contribution < 1.29 is 14.4 Å². The van der Waals surface area contributed by atoms with E-state index in [-0.39, 0.29) is 23.5 Å². The van der Waals surface area contributed by atoms with Crippen LogP contribution in [0.15, 0.2) is 11.6 Å². The van der Waals surface area contributed by atoms with Crippen molar-refractivity contribution in [2.45, 2.75) is 46.5 Å². The molecule has 0 aromatic rings. The molecule has 0 bridgehead atoms. The minimum Gasteiger partial charge on any atom is -0.300 e. The number of amides is 2. The zero-order valence-corrected chi connectivity index (χ0v) is 11.4. The van der Waals surface area contributed by atoms with E-state index in [0.29, 0.717) is 31.4 Å². The highest BCUT2D eigenvalue weighted by Crippen LogP contribution is 2.18. The molecule has 0 radical (unpaired) electrons. The number of imide groups is 1. The minimum absolute atomic E-state index is 0.101. The number of nitrogens with zero attached hydrogens (tertiary/aromatic N) is 1. The summed E-state index contributed by atoms with van der Waals surface area (Å²) in [7, 11) is 0. The molecule has 0 N–H and O–H groups in total. The standard InChI is InChI=1S/C14H21NO3/c1-10-7-8-11(2)14(18)15(13(10)17)9-5-4-6-12(3)16/h7,11H,4-6,8-9H2,1-3H3. The number of rotatable bonds is 5. The Kier molecular flexibility index (Phi) is 5.25. The van der Waals surface area contributed by atoms with Crippen molar-refractivity contribution >= 4 is 17.6 Å². The summed E-state index contributed by atoms with van der Waals surface area (Å²) in [6, 6.07) is 0. The number of allylic oxidation sites excluding steroid dienone is 1. The Morgan fingerprint density at radius 1 is 1.39 bits per heavy atom. The quantitative estimate of drug-likeness (QED) is 0.555. The maximum Gasteiger partial charge on any atom is 0.255 e. The Hall–Kier alpha value is -1.45. The van der Waals surface area contributed by atoms with Gasteiger partial charge >= 0.3 is 0 Å². The average molecular weight is 251 g/mol. The second kappa shape index (κ2) is 6.47. The van der Waals surface area contributed by atoms with E-state index < -0.39 is 0 Å². The first-order valence-electron chi connectivity index (χ1n) is 6.45. The van der Waals surface area contributed by atoms with E-state index in [9.17, 15) is 14.4 Å². The molecule has 1 aliphatic rings. The minimum atomic E-state index is -0.188. The van der Waals surface area contributed by atoms with E-state index >= 15 is 0 Å². The molecule has 4 heteroatoms. The molecule has 0 aliphatic carbocycles. The lowest BCUT2D eigenvalue weighted by molar-refractivity contribution is -0.144. The molecule has 1 atom stereocenters. The normalized spacial score (nSPS) is 20.7. The molecular weight excluding hydrogens is 230 g/mol. The molecule has 0 aromatic carbocycles. The number of hydrogen-bond donors (Lipinski definition) is 0. The first-order valence-corrected chi connectivity index (χ1v) is 6.45. The predicted octanol–water partition coefficient (Wildman–Crippen LogP) is 2.09. The highest BCUT2D eigenvalue weighted by atomic mass is 16.2. The van der Waals surface area contributed by atoms with Crippen LogP contribution >= 0.6 is 0 Å². The van der Waals surface area contributed by atoms with Crippen molar-refractivity contribution in [2.24, 2.45) is 5.92 Å². The monoisotopic (exact) mass is 251 g/mol. The number of Topliss-reactive ketones (excluding diaryl/α,β-unsaturated/α-hetero) is 1. The number of carbonyl (C=O) groups is 3. The Balaban J connectivity index is 2.60. The lowest BCUT2D eigenvalue weighted by Gasteiger charge is -2.21. The number of carbonyl (C=O) groups excluding carboxylic acids is 3. The number of unbranched alkanes of at least 4 members (excludes halogenated alkanes) is 1. The van der Waals surface area contributed by atoms with Gasteiger partial charge in [0.15, 0.2) is 0 Å². The van der Waals surface area contributed by atoms with Gasteiger partial charge in [-0.1, -0.05) is 13.0 Å². The van der Waals surface area contributed by atoms with E-state index in [2.05, 4.69) is 0 Å². The Morgan fingerprint density at radius 3 is 2.67 bits per heavy atom. The Morgan fingerprint density at radius 2 is 2.06 bits per heavy atom. The van der Waals surface area contributed by atoms with Gasteiger partial charge in [-0.2, -0.15) is 0 Å². The third-order valence-corrected chi connectivity index (χ3v) is 3.21. The molecule has 0 spiro atoms. The summed E-state index contributed by atoms with van der Waals surface area (Å²) in [6.45, 7) is 5.56. The molecule has 1 rings (SSSR count). The topological polar surface area (TPSA) is 54.5 Å². The molecule has 1 aliphatic heterocycles. The van der Waals surface area contributed by atoms with Crippen molar-refractivity contribution in [1.29, 1.82) is 0 Å². The van der Waals surface area contributed by atoms with Gasteiger partial charge in [0.25, 0.3) is 5.91 Å². The molecule has 0 fully saturated rings. The molecule has 1 heterocycles. The third kappa shape index (κ3) is 3.79. The summed E-state index contributed by atoms with van der Waals surface area (Å²) in [5, 5.41) is 0. The van der Waals surface area contributed by atoms with E-state index in [0.717, 1.165) is 6.42 Å². The van der Waals surface area contributed by atoms with Crippen molar-refractivity contribution in [3.63, 3.8) is 0 Å². The second-order valence-corrected chi connectivity index (χ2v) is 4.98.